The van der Waals surface area contributed by atoms with E-state index in [9.17, 15) is 9.90 Å². The maximum absolute atomic E-state index is 11.1. The molecule has 1 aliphatic heterocycles. The molecule has 0 aliphatic carbocycles. The molecule has 0 aromatic carbocycles. The van der Waals surface area contributed by atoms with Crippen molar-refractivity contribution in [3.8, 4) is 5.88 Å². The molecule has 0 bridgehead atoms. The van der Waals surface area contributed by atoms with Crippen LogP contribution < -0.4 is 11.1 Å². The predicted molar refractivity (Wildman–Crippen MR) is 60.4 cm³/mol. The van der Waals surface area contributed by atoms with E-state index >= 15 is 0 Å². The third-order valence-corrected chi connectivity index (χ3v) is 2.22. The molecule has 8 nitrogen and oxygen atoms in total. The summed E-state index contributed by atoms with van der Waals surface area (Å²) in [5.41, 5.74) is 5.58. The first-order chi connectivity index (χ1) is 8.10. The number of ketones is 1. The van der Waals surface area contributed by atoms with Crippen molar-refractivity contribution >= 4 is 29.5 Å². The molecule has 0 spiro atoms. The summed E-state index contributed by atoms with van der Waals surface area (Å²) in [5.74, 6) is -0.494. The van der Waals surface area contributed by atoms with Gasteiger partial charge < -0.3 is 21.3 Å². The Morgan fingerprint density at radius 2 is 2.29 bits per heavy atom. The van der Waals surface area contributed by atoms with Crippen LogP contribution in [0, 0.1) is 0 Å². The predicted octanol–water partition coefficient (Wildman–Crippen LogP) is -0.788. The summed E-state index contributed by atoms with van der Waals surface area (Å²) in [7, 11) is 0. The van der Waals surface area contributed by atoms with Gasteiger partial charge in [0, 0.05) is 12.6 Å². The van der Waals surface area contributed by atoms with E-state index < -0.39 is 12.6 Å². The molecule has 1 atom stereocenters. The number of hydrogen-bond donors (Lipinski definition) is 4. The SMILES string of the molecule is Nc1nc(O)c2c(n1)N=CC(CC(=O)CO)N2. The van der Waals surface area contributed by atoms with Crippen LogP contribution >= 0.6 is 0 Å². The number of fused-ring (bicyclic) bond motifs is 1. The van der Waals surface area contributed by atoms with Crippen LogP contribution in [0.25, 0.3) is 0 Å². The van der Waals surface area contributed by atoms with Crippen molar-refractivity contribution in [3.63, 3.8) is 0 Å². The molecule has 8 heteroatoms. The second kappa shape index (κ2) is 4.34. The van der Waals surface area contributed by atoms with Crippen LogP contribution in [0.4, 0.5) is 17.5 Å². The largest absolute Gasteiger partial charge is 0.492 e. The lowest BCUT2D eigenvalue weighted by atomic mass is 10.1. The van der Waals surface area contributed by atoms with Crippen molar-refractivity contribution in [3.05, 3.63) is 0 Å². The van der Waals surface area contributed by atoms with E-state index in [1.54, 1.807) is 0 Å². The molecular weight excluding hydrogens is 226 g/mol. The fourth-order valence-electron chi connectivity index (χ4n) is 1.47. The fourth-order valence-corrected chi connectivity index (χ4v) is 1.47. The lowest BCUT2D eigenvalue weighted by Gasteiger charge is -2.20. The standard InChI is InChI=1S/C9H11N5O3/c10-9-13-7-6(8(17)14-9)12-4(2-11-7)1-5(16)3-15/h2,4,12,15H,1,3H2,(H3,10,13,14,17). The summed E-state index contributed by atoms with van der Waals surface area (Å²) in [5, 5.41) is 21.0. The first-order valence-corrected chi connectivity index (χ1v) is 4.90. The summed E-state index contributed by atoms with van der Waals surface area (Å²) < 4.78 is 0. The molecule has 1 unspecified atom stereocenters. The van der Waals surface area contributed by atoms with Crippen molar-refractivity contribution in [1.82, 2.24) is 9.97 Å². The Hall–Kier alpha value is -2.22. The summed E-state index contributed by atoms with van der Waals surface area (Å²) in [6.07, 6.45) is 1.55. The Bertz CT molecular complexity index is 488. The van der Waals surface area contributed by atoms with Gasteiger partial charge in [0.15, 0.2) is 11.6 Å². The summed E-state index contributed by atoms with van der Waals surface area (Å²) >= 11 is 0. The highest BCUT2D eigenvalue weighted by molar-refractivity contribution is 5.89. The molecule has 2 heterocycles. The molecular formula is C9H11N5O3. The van der Waals surface area contributed by atoms with Crippen LogP contribution in [0.2, 0.25) is 0 Å². The Morgan fingerprint density at radius 3 is 3.00 bits per heavy atom. The van der Waals surface area contributed by atoms with E-state index in [1.165, 1.54) is 6.21 Å². The summed E-state index contributed by atoms with van der Waals surface area (Å²) in [6.45, 7) is -0.525. The molecule has 5 N–H and O–H groups in total. The van der Waals surface area contributed by atoms with Gasteiger partial charge in [-0.15, -0.1) is 0 Å². The molecule has 1 aliphatic rings. The first kappa shape index (κ1) is 11.3. The van der Waals surface area contributed by atoms with Crippen LogP contribution in [0.3, 0.4) is 0 Å². The molecule has 1 aromatic heterocycles. The number of hydrogen-bond acceptors (Lipinski definition) is 8. The number of aliphatic hydroxyl groups excluding tert-OH is 1. The quantitative estimate of drug-likeness (QED) is 0.541. The van der Waals surface area contributed by atoms with Crippen molar-refractivity contribution < 1.29 is 15.0 Å². The van der Waals surface area contributed by atoms with Crippen LogP contribution in [-0.4, -0.2) is 44.8 Å². The molecule has 0 fully saturated rings. The summed E-state index contributed by atoms with van der Waals surface area (Å²) in [4.78, 5) is 22.4. The number of carbonyl (C=O) groups excluding carboxylic acids is 1. The van der Waals surface area contributed by atoms with E-state index in [1.807, 2.05) is 0 Å². The van der Waals surface area contributed by atoms with E-state index in [0.29, 0.717) is 0 Å². The third-order valence-electron chi connectivity index (χ3n) is 2.22. The zero-order valence-electron chi connectivity index (χ0n) is 8.79. The van der Waals surface area contributed by atoms with Gasteiger partial charge in [0.2, 0.25) is 11.8 Å². The smallest absolute Gasteiger partial charge is 0.242 e. The van der Waals surface area contributed by atoms with Crippen molar-refractivity contribution in [2.45, 2.75) is 12.5 Å². The number of nitrogens with zero attached hydrogens (tertiary/aromatic N) is 3. The van der Waals surface area contributed by atoms with E-state index in [4.69, 9.17) is 10.8 Å². The summed E-state index contributed by atoms with van der Waals surface area (Å²) in [6, 6.07) is -0.403. The number of aliphatic imine (C=N–C) groups is 1. The van der Waals surface area contributed by atoms with Crippen LogP contribution in [0.1, 0.15) is 6.42 Å². The van der Waals surface area contributed by atoms with E-state index in [-0.39, 0.29) is 35.5 Å². The number of rotatable bonds is 3. The lowest BCUT2D eigenvalue weighted by Crippen LogP contribution is -2.28. The van der Waals surface area contributed by atoms with Crippen LogP contribution in [0.15, 0.2) is 4.99 Å². The molecule has 17 heavy (non-hydrogen) atoms. The van der Waals surface area contributed by atoms with Crippen LogP contribution in [-0.2, 0) is 4.79 Å². The maximum Gasteiger partial charge on any atom is 0.242 e. The Morgan fingerprint density at radius 1 is 1.53 bits per heavy atom. The highest BCUT2D eigenvalue weighted by Gasteiger charge is 2.21. The molecule has 0 amide bonds. The number of nitrogens with one attached hydrogen (secondary N) is 1. The fraction of sp³-hybridized carbons (Fsp3) is 0.333. The number of aromatic nitrogens is 2. The normalized spacial score (nSPS) is 17.4. The molecule has 90 valence electrons. The first-order valence-electron chi connectivity index (χ1n) is 4.90. The number of nitrogen functional groups attached to an aromatic ring is 1. The minimum atomic E-state index is -0.525. The minimum Gasteiger partial charge on any atom is -0.492 e. The highest BCUT2D eigenvalue weighted by atomic mass is 16.3. The average molecular weight is 237 g/mol. The third kappa shape index (κ3) is 2.31. The van der Waals surface area contributed by atoms with Gasteiger partial charge >= 0.3 is 0 Å². The number of nitrogens with two attached hydrogens (primary N) is 1. The van der Waals surface area contributed by atoms with Gasteiger partial charge in [0.1, 0.15) is 12.3 Å². The van der Waals surface area contributed by atoms with Gasteiger partial charge in [-0.3, -0.25) is 4.79 Å². The van der Waals surface area contributed by atoms with Gasteiger partial charge in [0.05, 0.1) is 6.04 Å². The lowest BCUT2D eigenvalue weighted by molar-refractivity contribution is -0.121. The topological polar surface area (TPSA) is 134 Å². The Balaban J connectivity index is 2.22. The molecule has 0 saturated heterocycles. The van der Waals surface area contributed by atoms with E-state index in [0.717, 1.165) is 0 Å². The minimum absolute atomic E-state index is 0.0727. The monoisotopic (exact) mass is 237 g/mol. The molecule has 0 radical (unpaired) electrons. The highest BCUT2D eigenvalue weighted by Crippen LogP contribution is 2.34. The van der Waals surface area contributed by atoms with Crippen molar-refractivity contribution in [1.29, 1.82) is 0 Å². The number of Topliss-reactive ketones (excluding diaryl/α,β-unsaturated/α-hetero) is 1. The van der Waals surface area contributed by atoms with E-state index in [2.05, 4.69) is 20.3 Å². The number of anilines is 2. The number of aliphatic hydroxyl groups is 1. The zero-order valence-corrected chi connectivity index (χ0v) is 8.79. The average Bonchev–Trinajstić information content (AvgIpc) is 2.29. The second-order valence-electron chi connectivity index (χ2n) is 3.53. The Labute approximate surface area is 96.2 Å². The molecule has 1 aromatic rings. The van der Waals surface area contributed by atoms with Crippen molar-refractivity contribution in [2.75, 3.05) is 17.7 Å². The van der Waals surface area contributed by atoms with Crippen molar-refractivity contribution in [2.24, 2.45) is 4.99 Å². The molecule has 0 saturated carbocycles. The van der Waals surface area contributed by atoms with Gasteiger partial charge in [-0.05, 0) is 0 Å². The Kier molecular flexibility index (Phi) is 2.88. The number of aromatic hydroxyl groups is 1. The molecule has 2 rings (SSSR count). The van der Waals surface area contributed by atoms with Gasteiger partial charge in [-0.25, -0.2) is 4.99 Å². The van der Waals surface area contributed by atoms with Crippen LogP contribution in [0.5, 0.6) is 5.88 Å². The second-order valence-corrected chi connectivity index (χ2v) is 3.53. The van der Waals surface area contributed by atoms with Gasteiger partial charge in [0.25, 0.3) is 0 Å². The maximum atomic E-state index is 11.1. The zero-order chi connectivity index (χ0) is 12.4. The van der Waals surface area contributed by atoms with Gasteiger partial charge in [-0.1, -0.05) is 0 Å². The number of carbonyl (C=O) groups is 1. The van der Waals surface area contributed by atoms with Gasteiger partial charge in [-0.2, -0.15) is 9.97 Å².